The van der Waals surface area contributed by atoms with Gasteiger partial charge in [-0.25, -0.2) is 0 Å². The molecule has 0 N–H and O–H groups in total. The van der Waals surface area contributed by atoms with E-state index in [1.165, 1.54) is 0 Å². The third-order valence-corrected chi connectivity index (χ3v) is 1.96. The largest absolute Gasteiger partial charge is 0.456 e. The van der Waals surface area contributed by atoms with Crippen LogP contribution in [0.2, 0.25) is 0 Å². The van der Waals surface area contributed by atoms with E-state index in [0.29, 0.717) is 5.56 Å². The van der Waals surface area contributed by atoms with E-state index >= 15 is 0 Å². The molecular weight excluding hydrogens is 233 g/mol. The van der Waals surface area contributed by atoms with Crippen LogP contribution in [0, 0.1) is 0 Å². The lowest BCUT2D eigenvalue weighted by Gasteiger charge is -2.07. The third kappa shape index (κ3) is 5.19. The fraction of sp³-hybridized carbons (Fsp3) is 0.250. The molecule has 0 aromatic heterocycles. The van der Waals surface area contributed by atoms with Crippen molar-refractivity contribution in [3.63, 3.8) is 0 Å². The Balaban J connectivity index is 2.47. The maximum Gasteiger partial charge on any atom is 0.422 e. The van der Waals surface area contributed by atoms with Crippen molar-refractivity contribution < 1.29 is 22.7 Å². The molecule has 1 aromatic rings. The van der Waals surface area contributed by atoms with Crippen LogP contribution in [0.5, 0.6) is 0 Å². The quantitative estimate of drug-likeness (QED) is 0.761. The van der Waals surface area contributed by atoms with Gasteiger partial charge in [0.2, 0.25) is 0 Å². The van der Waals surface area contributed by atoms with Gasteiger partial charge in [0.15, 0.2) is 6.61 Å². The van der Waals surface area contributed by atoms with E-state index in [-0.39, 0.29) is 6.42 Å². The summed E-state index contributed by atoms with van der Waals surface area (Å²) in [6.45, 7) is 2.02. The van der Waals surface area contributed by atoms with Crippen LogP contribution in [-0.4, -0.2) is 18.8 Å². The van der Waals surface area contributed by atoms with Gasteiger partial charge in [-0.1, -0.05) is 36.9 Å². The third-order valence-electron chi connectivity index (χ3n) is 1.96. The SMILES string of the molecule is C=Cc1ccc(CC(=O)OCC(F)(F)F)cc1. The lowest BCUT2D eigenvalue weighted by Crippen LogP contribution is -2.21. The molecule has 0 aliphatic heterocycles. The minimum Gasteiger partial charge on any atom is -0.456 e. The summed E-state index contributed by atoms with van der Waals surface area (Å²) in [7, 11) is 0. The van der Waals surface area contributed by atoms with Gasteiger partial charge in [0.1, 0.15) is 0 Å². The number of hydrogen-bond donors (Lipinski definition) is 0. The Kier molecular flexibility index (Phi) is 4.31. The van der Waals surface area contributed by atoms with Crippen molar-refractivity contribution in [2.24, 2.45) is 0 Å². The molecule has 0 atom stereocenters. The maximum absolute atomic E-state index is 11.8. The molecule has 0 radical (unpaired) electrons. The number of benzene rings is 1. The Bertz CT molecular complexity index is 393. The van der Waals surface area contributed by atoms with Gasteiger partial charge in [-0.15, -0.1) is 0 Å². The normalized spacial score (nSPS) is 11.0. The van der Waals surface area contributed by atoms with Crippen LogP contribution in [0.1, 0.15) is 11.1 Å². The minimum absolute atomic E-state index is 0.173. The summed E-state index contributed by atoms with van der Waals surface area (Å²) in [4.78, 5) is 11.1. The Morgan fingerprint density at radius 3 is 2.35 bits per heavy atom. The van der Waals surface area contributed by atoms with Crippen LogP contribution in [-0.2, 0) is 16.0 Å². The fourth-order valence-electron chi connectivity index (χ4n) is 1.15. The summed E-state index contributed by atoms with van der Waals surface area (Å²) in [5.74, 6) is -0.895. The summed E-state index contributed by atoms with van der Waals surface area (Å²) in [5.41, 5.74) is 1.47. The van der Waals surface area contributed by atoms with Crippen molar-refractivity contribution >= 4 is 12.0 Å². The Morgan fingerprint density at radius 1 is 1.29 bits per heavy atom. The van der Waals surface area contributed by atoms with Crippen molar-refractivity contribution in [3.05, 3.63) is 42.0 Å². The second kappa shape index (κ2) is 5.52. The van der Waals surface area contributed by atoms with E-state index in [0.717, 1.165) is 5.56 Å². The zero-order valence-corrected chi connectivity index (χ0v) is 8.96. The first-order valence-electron chi connectivity index (χ1n) is 4.84. The predicted molar refractivity (Wildman–Crippen MR) is 57.3 cm³/mol. The standard InChI is InChI=1S/C12H11F3O2/c1-2-9-3-5-10(6-4-9)7-11(16)17-8-12(13,14)15/h2-6H,1,7-8H2. The second-order valence-electron chi connectivity index (χ2n) is 3.40. The van der Waals surface area contributed by atoms with E-state index < -0.39 is 18.8 Å². The number of carbonyl (C=O) groups is 1. The molecule has 92 valence electrons. The molecular formula is C12H11F3O2. The molecule has 0 aliphatic rings. The average molecular weight is 244 g/mol. The molecule has 0 saturated heterocycles. The zero-order chi connectivity index (χ0) is 12.9. The van der Waals surface area contributed by atoms with E-state index in [9.17, 15) is 18.0 Å². The molecule has 0 heterocycles. The van der Waals surface area contributed by atoms with Crippen LogP contribution >= 0.6 is 0 Å². The molecule has 17 heavy (non-hydrogen) atoms. The molecule has 0 saturated carbocycles. The van der Waals surface area contributed by atoms with Gasteiger partial charge in [0.25, 0.3) is 0 Å². The van der Waals surface area contributed by atoms with Gasteiger partial charge in [0.05, 0.1) is 6.42 Å². The van der Waals surface area contributed by atoms with E-state index in [1.54, 1.807) is 30.3 Å². The number of ether oxygens (including phenoxy) is 1. The summed E-state index contributed by atoms with van der Waals surface area (Å²) in [5, 5.41) is 0. The highest BCUT2D eigenvalue weighted by molar-refractivity contribution is 5.72. The molecule has 0 fully saturated rings. The highest BCUT2D eigenvalue weighted by atomic mass is 19.4. The van der Waals surface area contributed by atoms with Gasteiger partial charge in [-0.3, -0.25) is 4.79 Å². The first-order valence-corrected chi connectivity index (χ1v) is 4.84. The van der Waals surface area contributed by atoms with Crippen molar-refractivity contribution in [2.45, 2.75) is 12.6 Å². The molecule has 1 rings (SSSR count). The topological polar surface area (TPSA) is 26.3 Å². The fourth-order valence-corrected chi connectivity index (χ4v) is 1.15. The molecule has 2 nitrogen and oxygen atoms in total. The lowest BCUT2D eigenvalue weighted by atomic mass is 10.1. The minimum atomic E-state index is -4.48. The number of rotatable bonds is 4. The van der Waals surface area contributed by atoms with Gasteiger partial charge in [-0.2, -0.15) is 13.2 Å². The maximum atomic E-state index is 11.8. The van der Waals surface area contributed by atoms with Crippen LogP contribution in [0.15, 0.2) is 30.8 Å². The van der Waals surface area contributed by atoms with Gasteiger partial charge in [-0.05, 0) is 11.1 Å². The molecule has 0 amide bonds. The zero-order valence-electron chi connectivity index (χ0n) is 8.96. The number of alkyl halides is 3. The van der Waals surface area contributed by atoms with Crippen LogP contribution < -0.4 is 0 Å². The number of esters is 1. The molecule has 0 spiro atoms. The second-order valence-corrected chi connectivity index (χ2v) is 3.40. The Hall–Kier alpha value is -1.78. The highest BCUT2D eigenvalue weighted by Gasteiger charge is 2.29. The van der Waals surface area contributed by atoms with E-state index in [2.05, 4.69) is 11.3 Å². The first kappa shape index (κ1) is 13.3. The molecule has 0 aliphatic carbocycles. The average Bonchev–Trinajstić information content (AvgIpc) is 2.27. The van der Waals surface area contributed by atoms with Gasteiger partial charge >= 0.3 is 12.1 Å². The van der Waals surface area contributed by atoms with Crippen molar-refractivity contribution in [1.29, 1.82) is 0 Å². The first-order chi connectivity index (χ1) is 7.90. The van der Waals surface area contributed by atoms with Crippen LogP contribution in [0.4, 0.5) is 13.2 Å². The lowest BCUT2D eigenvalue weighted by molar-refractivity contribution is -0.185. The number of halogens is 3. The van der Waals surface area contributed by atoms with E-state index in [1.807, 2.05) is 0 Å². The Morgan fingerprint density at radius 2 is 1.88 bits per heavy atom. The summed E-state index contributed by atoms with van der Waals surface area (Å²) < 4.78 is 39.4. The summed E-state index contributed by atoms with van der Waals surface area (Å²) in [6, 6.07) is 6.73. The van der Waals surface area contributed by atoms with Crippen molar-refractivity contribution in [3.8, 4) is 0 Å². The number of hydrogen-bond acceptors (Lipinski definition) is 2. The monoisotopic (exact) mass is 244 g/mol. The highest BCUT2D eigenvalue weighted by Crippen LogP contribution is 2.15. The van der Waals surface area contributed by atoms with Crippen molar-refractivity contribution in [2.75, 3.05) is 6.61 Å². The summed E-state index contributed by atoms with van der Waals surface area (Å²) in [6.07, 6.45) is -3.03. The van der Waals surface area contributed by atoms with Crippen molar-refractivity contribution in [1.82, 2.24) is 0 Å². The van der Waals surface area contributed by atoms with E-state index in [4.69, 9.17) is 0 Å². The van der Waals surface area contributed by atoms with Gasteiger partial charge < -0.3 is 4.74 Å². The van der Waals surface area contributed by atoms with Crippen LogP contribution in [0.3, 0.4) is 0 Å². The molecule has 5 heteroatoms. The van der Waals surface area contributed by atoms with Gasteiger partial charge in [0, 0.05) is 0 Å². The Labute approximate surface area is 96.7 Å². The molecule has 0 bridgehead atoms. The number of carbonyl (C=O) groups excluding carboxylic acids is 1. The molecule has 1 aromatic carbocycles. The predicted octanol–water partition coefficient (Wildman–Crippen LogP) is 2.98. The summed E-state index contributed by atoms with van der Waals surface area (Å²) >= 11 is 0. The smallest absolute Gasteiger partial charge is 0.422 e. The van der Waals surface area contributed by atoms with Crippen LogP contribution in [0.25, 0.3) is 6.08 Å². The molecule has 0 unspecified atom stereocenters.